The molecule has 3 nitrogen and oxygen atoms in total. The maximum absolute atomic E-state index is 12.6. The maximum atomic E-state index is 12.6. The number of rotatable bonds is 2. The molecule has 1 aromatic rings. The SMILES string of the molecule is O=C(C1CCCO1)N1CCCC1c1ccc(C(F)(F)F)cc1. The van der Waals surface area contributed by atoms with E-state index in [1.54, 1.807) is 4.90 Å². The Morgan fingerprint density at radius 1 is 1.14 bits per heavy atom. The smallest absolute Gasteiger partial charge is 0.368 e. The van der Waals surface area contributed by atoms with Crippen LogP contribution in [0.25, 0.3) is 0 Å². The number of amides is 1. The largest absolute Gasteiger partial charge is 0.416 e. The minimum Gasteiger partial charge on any atom is -0.368 e. The van der Waals surface area contributed by atoms with Gasteiger partial charge in [-0.25, -0.2) is 0 Å². The predicted molar refractivity (Wildman–Crippen MR) is 74.1 cm³/mol. The van der Waals surface area contributed by atoms with Crippen LogP contribution in [0.3, 0.4) is 0 Å². The molecular formula is C16H18F3NO2. The van der Waals surface area contributed by atoms with Gasteiger partial charge in [-0.3, -0.25) is 4.79 Å². The Bertz CT molecular complexity index is 535. The van der Waals surface area contributed by atoms with Crippen molar-refractivity contribution in [1.29, 1.82) is 0 Å². The monoisotopic (exact) mass is 313 g/mol. The first-order valence-corrected chi connectivity index (χ1v) is 7.56. The fourth-order valence-corrected chi connectivity index (χ4v) is 3.23. The lowest BCUT2D eigenvalue weighted by Gasteiger charge is -2.27. The zero-order chi connectivity index (χ0) is 15.7. The molecule has 120 valence electrons. The Morgan fingerprint density at radius 2 is 1.86 bits per heavy atom. The minimum absolute atomic E-state index is 0.0279. The summed E-state index contributed by atoms with van der Waals surface area (Å²) in [6, 6.07) is 4.99. The van der Waals surface area contributed by atoms with Crippen LogP contribution in [0.4, 0.5) is 13.2 Å². The number of hydrogen-bond acceptors (Lipinski definition) is 2. The molecule has 2 aliphatic rings. The first-order chi connectivity index (χ1) is 10.5. The molecule has 2 atom stereocenters. The second-order valence-electron chi connectivity index (χ2n) is 5.81. The van der Waals surface area contributed by atoms with Crippen molar-refractivity contribution in [3.63, 3.8) is 0 Å². The molecule has 2 saturated heterocycles. The van der Waals surface area contributed by atoms with Crippen molar-refractivity contribution >= 4 is 5.91 Å². The van der Waals surface area contributed by atoms with Gasteiger partial charge in [0.15, 0.2) is 0 Å². The number of ether oxygens (including phenoxy) is 1. The fourth-order valence-electron chi connectivity index (χ4n) is 3.23. The molecule has 0 N–H and O–H groups in total. The van der Waals surface area contributed by atoms with Crippen molar-refractivity contribution in [3.05, 3.63) is 35.4 Å². The van der Waals surface area contributed by atoms with Crippen LogP contribution in [0, 0.1) is 0 Å². The molecule has 0 saturated carbocycles. The summed E-state index contributed by atoms with van der Waals surface area (Å²) in [6.07, 6.45) is -1.45. The van der Waals surface area contributed by atoms with Crippen LogP contribution in [-0.2, 0) is 15.7 Å². The Morgan fingerprint density at radius 3 is 2.45 bits per heavy atom. The van der Waals surface area contributed by atoms with E-state index >= 15 is 0 Å². The average Bonchev–Trinajstić information content (AvgIpc) is 3.17. The van der Waals surface area contributed by atoms with Gasteiger partial charge >= 0.3 is 6.18 Å². The Labute approximate surface area is 127 Å². The molecule has 0 spiro atoms. The zero-order valence-electron chi connectivity index (χ0n) is 12.1. The zero-order valence-corrected chi connectivity index (χ0v) is 12.1. The predicted octanol–water partition coefficient (Wildman–Crippen LogP) is 3.55. The Balaban J connectivity index is 1.76. The van der Waals surface area contributed by atoms with E-state index in [2.05, 4.69) is 0 Å². The molecule has 3 rings (SSSR count). The van der Waals surface area contributed by atoms with Crippen molar-refractivity contribution < 1.29 is 22.7 Å². The minimum atomic E-state index is -4.33. The summed E-state index contributed by atoms with van der Waals surface area (Å²) in [5.74, 6) is -0.0279. The Hall–Kier alpha value is -1.56. The van der Waals surface area contributed by atoms with Gasteiger partial charge in [-0.1, -0.05) is 12.1 Å². The lowest BCUT2D eigenvalue weighted by atomic mass is 10.0. The number of carbonyl (C=O) groups excluding carboxylic acids is 1. The second-order valence-corrected chi connectivity index (χ2v) is 5.81. The molecule has 2 aliphatic heterocycles. The van der Waals surface area contributed by atoms with Crippen molar-refractivity contribution in [2.45, 2.75) is 44.0 Å². The van der Waals surface area contributed by atoms with Crippen molar-refractivity contribution in [2.75, 3.05) is 13.2 Å². The highest BCUT2D eigenvalue weighted by Gasteiger charge is 2.36. The summed E-state index contributed by atoms with van der Waals surface area (Å²) in [4.78, 5) is 14.2. The molecular weight excluding hydrogens is 295 g/mol. The van der Waals surface area contributed by atoms with Gasteiger partial charge in [0.1, 0.15) is 6.10 Å². The molecule has 1 amide bonds. The van der Waals surface area contributed by atoms with E-state index in [1.807, 2.05) is 0 Å². The molecule has 1 aromatic carbocycles. The van der Waals surface area contributed by atoms with E-state index in [9.17, 15) is 18.0 Å². The van der Waals surface area contributed by atoms with E-state index in [4.69, 9.17) is 4.74 Å². The highest BCUT2D eigenvalue weighted by atomic mass is 19.4. The summed E-state index contributed by atoms with van der Waals surface area (Å²) >= 11 is 0. The van der Waals surface area contributed by atoms with Crippen LogP contribution < -0.4 is 0 Å². The summed E-state index contributed by atoms with van der Waals surface area (Å²) in [6.45, 7) is 1.25. The van der Waals surface area contributed by atoms with E-state index in [0.717, 1.165) is 43.4 Å². The molecule has 0 aliphatic carbocycles. The van der Waals surface area contributed by atoms with Crippen LogP contribution in [0.15, 0.2) is 24.3 Å². The van der Waals surface area contributed by atoms with E-state index < -0.39 is 11.7 Å². The standard InChI is InChI=1S/C16H18F3NO2/c17-16(18,19)12-7-5-11(6-8-12)13-3-1-9-20(13)15(21)14-4-2-10-22-14/h5-8,13-14H,1-4,9-10H2. The number of alkyl halides is 3. The van der Waals surface area contributed by atoms with Gasteiger partial charge in [0.25, 0.3) is 5.91 Å². The normalized spacial score (nSPS) is 25.7. The molecule has 2 unspecified atom stereocenters. The van der Waals surface area contributed by atoms with E-state index in [1.165, 1.54) is 12.1 Å². The first-order valence-electron chi connectivity index (χ1n) is 7.56. The van der Waals surface area contributed by atoms with Crippen LogP contribution >= 0.6 is 0 Å². The highest BCUT2D eigenvalue weighted by Crippen LogP contribution is 2.35. The van der Waals surface area contributed by atoms with Crippen molar-refractivity contribution in [2.24, 2.45) is 0 Å². The topological polar surface area (TPSA) is 29.5 Å². The molecule has 6 heteroatoms. The molecule has 0 radical (unpaired) electrons. The van der Waals surface area contributed by atoms with E-state index in [0.29, 0.717) is 13.2 Å². The van der Waals surface area contributed by atoms with Gasteiger partial charge in [-0.15, -0.1) is 0 Å². The lowest BCUT2D eigenvalue weighted by molar-refractivity contribution is -0.142. The van der Waals surface area contributed by atoms with Crippen LogP contribution in [0.5, 0.6) is 0 Å². The quantitative estimate of drug-likeness (QED) is 0.836. The molecule has 2 heterocycles. The van der Waals surface area contributed by atoms with Gasteiger partial charge in [0.2, 0.25) is 0 Å². The second kappa shape index (κ2) is 5.91. The maximum Gasteiger partial charge on any atom is 0.416 e. The van der Waals surface area contributed by atoms with Gasteiger partial charge in [0.05, 0.1) is 11.6 Å². The Kier molecular flexibility index (Phi) is 4.12. The number of likely N-dealkylation sites (tertiary alicyclic amines) is 1. The number of hydrogen-bond donors (Lipinski definition) is 0. The van der Waals surface area contributed by atoms with Crippen molar-refractivity contribution in [3.8, 4) is 0 Å². The van der Waals surface area contributed by atoms with Gasteiger partial charge < -0.3 is 9.64 Å². The van der Waals surface area contributed by atoms with Crippen LogP contribution in [-0.4, -0.2) is 30.1 Å². The van der Waals surface area contributed by atoms with Crippen LogP contribution in [0.2, 0.25) is 0 Å². The number of carbonyl (C=O) groups is 1. The average molecular weight is 313 g/mol. The molecule has 0 aromatic heterocycles. The first kappa shape index (κ1) is 15.3. The fraction of sp³-hybridized carbons (Fsp3) is 0.562. The lowest BCUT2D eigenvalue weighted by Crippen LogP contribution is -2.38. The summed E-state index contributed by atoms with van der Waals surface area (Å²) in [7, 11) is 0. The summed E-state index contributed by atoms with van der Waals surface area (Å²) < 4.78 is 43.3. The third kappa shape index (κ3) is 2.97. The summed E-state index contributed by atoms with van der Waals surface area (Å²) in [5.41, 5.74) is 0.100. The van der Waals surface area contributed by atoms with E-state index in [-0.39, 0.29) is 18.1 Å². The highest BCUT2D eigenvalue weighted by molar-refractivity contribution is 5.82. The number of halogens is 3. The third-order valence-electron chi connectivity index (χ3n) is 4.36. The number of benzene rings is 1. The van der Waals surface area contributed by atoms with Gasteiger partial charge in [-0.2, -0.15) is 13.2 Å². The molecule has 0 bridgehead atoms. The number of nitrogens with zero attached hydrogens (tertiary/aromatic N) is 1. The third-order valence-corrected chi connectivity index (χ3v) is 4.36. The van der Waals surface area contributed by atoms with Crippen molar-refractivity contribution in [1.82, 2.24) is 4.90 Å². The summed E-state index contributed by atoms with van der Waals surface area (Å²) in [5, 5.41) is 0. The van der Waals surface area contributed by atoms with Gasteiger partial charge in [-0.05, 0) is 43.4 Å². The van der Waals surface area contributed by atoms with Gasteiger partial charge in [0, 0.05) is 13.2 Å². The van der Waals surface area contributed by atoms with Crippen LogP contribution in [0.1, 0.15) is 42.9 Å². The molecule has 2 fully saturated rings. The molecule has 22 heavy (non-hydrogen) atoms.